The Morgan fingerprint density at radius 3 is 2.93 bits per heavy atom. The summed E-state index contributed by atoms with van der Waals surface area (Å²) < 4.78 is 53.6. The fourth-order valence-electron chi connectivity index (χ4n) is 3.61. The van der Waals surface area contributed by atoms with Gasteiger partial charge >= 0.3 is 6.09 Å². The molecule has 1 saturated carbocycles. The average Bonchev–Trinajstić information content (AvgIpc) is 3.28. The monoisotopic (exact) mass is 425 g/mol. The van der Waals surface area contributed by atoms with E-state index in [0.717, 1.165) is 0 Å². The molecule has 1 fully saturated rings. The minimum Gasteiger partial charge on any atom is -0.477 e. The van der Waals surface area contributed by atoms with Gasteiger partial charge in [0, 0.05) is 42.0 Å². The molecule has 3 heterocycles. The molecule has 0 spiro atoms. The fraction of sp³-hybridized carbons (Fsp3) is 0.526. The molecule has 0 radical (unpaired) electrons. The number of rotatable bonds is 0. The maximum Gasteiger partial charge on any atom is 0.407 e. The first-order valence-corrected chi connectivity index (χ1v) is 9.70. The van der Waals surface area contributed by atoms with Crippen LogP contribution in [-0.4, -0.2) is 52.1 Å². The summed E-state index contributed by atoms with van der Waals surface area (Å²) in [6.45, 7) is 0.854. The number of anilines is 2. The van der Waals surface area contributed by atoms with Gasteiger partial charge in [0.1, 0.15) is 12.3 Å². The molecule has 8 nitrogen and oxygen atoms in total. The molecule has 11 heteroatoms. The summed E-state index contributed by atoms with van der Waals surface area (Å²) in [5.74, 6) is -2.82. The smallest absolute Gasteiger partial charge is 0.407 e. The number of carbonyl (C=O) groups excluding carboxylic acids is 1. The Bertz CT molecular complexity index is 909. The minimum atomic E-state index is -3.25. The zero-order valence-corrected chi connectivity index (χ0v) is 16.2. The topological polar surface area (TPSA) is 101 Å². The third kappa shape index (κ3) is 4.44. The molecule has 162 valence electrons. The second-order valence-corrected chi connectivity index (χ2v) is 7.57. The van der Waals surface area contributed by atoms with Crippen molar-refractivity contribution >= 4 is 17.6 Å². The number of amides is 1. The van der Waals surface area contributed by atoms with E-state index in [9.17, 15) is 18.0 Å². The van der Waals surface area contributed by atoms with Crippen LogP contribution in [0.4, 0.5) is 29.5 Å². The summed E-state index contributed by atoms with van der Waals surface area (Å²) in [5.41, 5.74) is 1.31. The lowest BCUT2D eigenvalue weighted by molar-refractivity contribution is -0.0494. The lowest BCUT2D eigenvalue weighted by atomic mass is 10.0. The van der Waals surface area contributed by atoms with Gasteiger partial charge < -0.3 is 20.1 Å². The molecule has 0 saturated heterocycles. The molecule has 1 aliphatic carbocycles. The largest absolute Gasteiger partial charge is 0.477 e. The Labute approximate surface area is 170 Å². The third-order valence-electron chi connectivity index (χ3n) is 5.39. The van der Waals surface area contributed by atoms with Crippen molar-refractivity contribution in [2.75, 3.05) is 11.9 Å². The summed E-state index contributed by atoms with van der Waals surface area (Å²) in [7, 11) is 0. The van der Waals surface area contributed by atoms with E-state index in [1.807, 2.05) is 0 Å². The Kier molecular flexibility index (Phi) is 5.44. The molecule has 6 bridgehead atoms. The Morgan fingerprint density at radius 2 is 2.10 bits per heavy atom. The summed E-state index contributed by atoms with van der Waals surface area (Å²) in [6, 6.07) is 3.49. The lowest BCUT2D eigenvalue weighted by Crippen LogP contribution is -2.47. The van der Waals surface area contributed by atoms with Crippen LogP contribution in [0.15, 0.2) is 24.4 Å². The first-order valence-electron chi connectivity index (χ1n) is 9.70. The zero-order valence-electron chi connectivity index (χ0n) is 16.2. The fourth-order valence-corrected chi connectivity index (χ4v) is 3.61. The highest BCUT2D eigenvalue weighted by Gasteiger charge is 2.41. The Morgan fingerprint density at radius 1 is 1.27 bits per heavy atom. The lowest BCUT2D eigenvalue weighted by Gasteiger charge is -2.25. The number of pyridine rings is 1. The van der Waals surface area contributed by atoms with E-state index in [-0.39, 0.29) is 31.2 Å². The summed E-state index contributed by atoms with van der Waals surface area (Å²) in [5, 5.41) is 12.2. The highest BCUT2D eigenvalue weighted by Crippen LogP contribution is 2.38. The number of H-pyrrole nitrogens is 1. The first-order chi connectivity index (χ1) is 14.3. The summed E-state index contributed by atoms with van der Waals surface area (Å²) in [6.07, 6.45) is -2.27. The van der Waals surface area contributed by atoms with Gasteiger partial charge in [0.25, 0.3) is 5.92 Å². The maximum atomic E-state index is 14.4. The number of nitrogens with zero attached hydrogens (tertiary/aromatic N) is 2. The van der Waals surface area contributed by atoms with Gasteiger partial charge in [0.15, 0.2) is 5.82 Å². The van der Waals surface area contributed by atoms with Crippen LogP contribution in [0.25, 0.3) is 0 Å². The number of aromatic nitrogens is 3. The predicted octanol–water partition coefficient (Wildman–Crippen LogP) is 3.66. The number of alkyl halides is 3. The highest BCUT2D eigenvalue weighted by atomic mass is 19.3. The molecule has 30 heavy (non-hydrogen) atoms. The Hall–Kier alpha value is -2.98. The van der Waals surface area contributed by atoms with Gasteiger partial charge in [0.05, 0.1) is 12.6 Å². The molecule has 1 aliphatic heterocycles. The van der Waals surface area contributed by atoms with Crippen LogP contribution in [0.3, 0.4) is 0 Å². The van der Waals surface area contributed by atoms with E-state index < -0.39 is 36.8 Å². The number of hydrogen-bond acceptors (Lipinski definition) is 6. The Balaban J connectivity index is 1.59. The first kappa shape index (κ1) is 20.3. The van der Waals surface area contributed by atoms with E-state index in [1.54, 1.807) is 18.2 Å². The van der Waals surface area contributed by atoms with Gasteiger partial charge in [-0.3, -0.25) is 5.10 Å². The molecule has 4 atom stereocenters. The van der Waals surface area contributed by atoms with Gasteiger partial charge in [-0.05, 0) is 25.8 Å². The molecule has 1 amide bonds. The van der Waals surface area contributed by atoms with Crippen LogP contribution < -0.4 is 15.4 Å². The van der Waals surface area contributed by atoms with Crippen LogP contribution in [0, 0.1) is 0 Å². The van der Waals surface area contributed by atoms with Crippen molar-refractivity contribution in [2.45, 2.75) is 56.3 Å². The summed E-state index contributed by atoms with van der Waals surface area (Å²) >= 11 is 0. The number of carbonyl (C=O) groups is 1. The van der Waals surface area contributed by atoms with Crippen LogP contribution in [0.1, 0.15) is 37.8 Å². The third-order valence-corrected chi connectivity index (χ3v) is 5.39. The summed E-state index contributed by atoms with van der Waals surface area (Å²) in [4.78, 5) is 16.1. The molecule has 1 unspecified atom stereocenters. The van der Waals surface area contributed by atoms with Gasteiger partial charge in [-0.25, -0.2) is 22.9 Å². The van der Waals surface area contributed by atoms with Gasteiger partial charge in [-0.1, -0.05) is 0 Å². The van der Waals surface area contributed by atoms with E-state index in [1.165, 1.54) is 13.1 Å². The number of fused-ring (bicyclic) bond motifs is 7. The number of ether oxygens (including phenoxy) is 2. The SMILES string of the molecule is C[C@@H]1NC(=O)O[C@H]2CC(C[C@H]2F)c2cc(n[nH]2)Nc2ccnc(c2)OCCC1(F)F. The van der Waals surface area contributed by atoms with E-state index in [4.69, 9.17) is 9.47 Å². The number of alkyl carbamates (subject to hydrolysis) is 1. The van der Waals surface area contributed by atoms with Crippen LogP contribution in [-0.2, 0) is 4.74 Å². The number of aromatic amines is 1. The van der Waals surface area contributed by atoms with Crippen molar-refractivity contribution in [1.29, 1.82) is 0 Å². The minimum absolute atomic E-state index is 0.137. The number of hydrogen-bond donors (Lipinski definition) is 3. The maximum absolute atomic E-state index is 14.4. The van der Waals surface area contributed by atoms with Crippen LogP contribution >= 0.6 is 0 Å². The highest BCUT2D eigenvalue weighted by molar-refractivity contribution is 5.68. The van der Waals surface area contributed by atoms with Crippen molar-refractivity contribution in [3.8, 4) is 5.88 Å². The van der Waals surface area contributed by atoms with Crippen molar-refractivity contribution < 1.29 is 27.4 Å². The molecule has 4 rings (SSSR count). The molecule has 2 aromatic heterocycles. The normalized spacial score (nSPS) is 28.9. The van der Waals surface area contributed by atoms with E-state index in [2.05, 4.69) is 25.8 Å². The second kappa shape index (κ2) is 8.04. The van der Waals surface area contributed by atoms with Crippen LogP contribution in [0.5, 0.6) is 5.88 Å². The van der Waals surface area contributed by atoms with Crippen molar-refractivity contribution in [1.82, 2.24) is 20.5 Å². The zero-order chi connectivity index (χ0) is 21.3. The molecular weight excluding hydrogens is 403 g/mol. The number of nitrogens with one attached hydrogen (secondary N) is 3. The molecule has 2 aromatic rings. The van der Waals surface area contributed by atoms with Gasteiger partial charge in [-0.15, -0.1) is 0 Å². The quantitative estimate of drug-likeness (QED) is 0.596. The van der Waals surface area contributed by atoms with E-state index >= 15 is 0 Å². The van der Waals surface area contributed by atoms with Crippen molar-refractivity contribution in [2.24, 2.45) is 0 Å². The average molecular weight is 425 g/mol. The second-order valence-electron chi connectivity index (χ2n) is 7.57. The molecule has 3 N–H and O–H groups in total. The van der Waals surface area contributed by atoms with Gasteiger partial charge in [0.2, 0.25) is 5.88 Å². The number of halogens is 3. The predicted molar refractivity (Wildman–Crippen MR) is 101 cm³/mol. The van der Waals surface area contributed by atoms with Gasteiger partial charge in [-0.2, -0.15) is 5.10 Å². The molecule has 2 aliphatic rings. The standard InChI is InChI=1S/C19H22F3N5O3/c1-10-19(21,22)3-5-29-17-8-12(2-4-23-17)25-16-9-14(26-27-16)11-6-13(20)15(7-11)30-18(28)24-10/h2,4,8-11,13,15H,3,5-7H2,1H3,(H,24,28)(H2,25,26,27)/t10-,11?,13+,15-/m0/s1. The van der Waals surface area contributed by atoms with Crippen molar-refractivity contribution in [3.05, 3.63) is 30.1 Å². The molecule has 0 aromatic carbocycles. The van der Waals surface area contributed by atoms with Crippen LogP contribution in [0.2, 0.25) is 0 Å². The van der Waals surface area contributed by atoms with E-state index in [0.29, 0.717) is 17.2 Å². The molecular formula is C19H22F3N5O3. The van der Waals surface area contributed by atoms with Crippen molar-refractivity contribution in [3.63, 3.8) is 0 Å².